The molecule has 0 saturated carbocycles. The number of aromatic amines is 2. The van der Waals surface area contributed by atoms with Gasteiger partial charge in [0.2, 0.25) is 0 Å². The van der Waals surface area contributed by atoms with Crippen LogP contribution in [0.15, 0.2) is 60.9 Å². The van der Waals surface area contributed by atoms with Gasteiger partial charge in [-0.2, -0.15) is 0 Å². The molecule has 0 unspecified atom stereocenters. The first-order valence-electron chi connectivity index (χ1n) is 14.1. The Morgan fingerprint density at radius 3 is 1.36 bits per heavy atom. The highest BCUT2D eigenvalue weighted by molar-refractivity contribution is 6.10. The highest BCUT2D eigenvalue weighted by Crippen LogP contribution is 2.28. The van der Waals surface area contributed by atoms with Crippen molar-refractivity contribution in [2.24, 2.45) is 0 Å². The molecule has 0 aliphatic rings. The summed E-state index contributed by atoms with van der Waals surface area (Å²) in [5, 5.41) is 3.58. The van der Waals surface area contributed by atoms with Crippen LogP contribution >= 0.6 is 0 Å². The number of pyridine rings is 2. The summed E-state index contributed by atoms with van der Waals surface area (Å²) in [4.78, 5) is 40.4. The van der Waals surface area contributed by atoms with Gasteiger partial charge in [0.05, 0.1) is 23.4 Å². The van der Waals surface area contributed by atoms with E-state index in [4.69, 9.17) is 9.47 Å². The number of benzene rings is 2. The minimum absolute atomic E-state index is 0.250. The number of rotatable bonds is 2. The fourth-order valence-electron chi connectivity index (χ4n) is 4.84. The third-order valence-corrected chi connectivity index (χ3v) is 6.66. The van der Waals surface area contributed by atoms with E-state index >= 15 is 0 Å². The van der Waals surface area contributed by atoms with Gasteiger partial charge in [0.25, 0.3) is 0 Å². The van der Waals surface area contributed by atoms with Gasteiger partial charge in [0.15, 0.2) is 0 Å². The van der Waals surface area contributed by atoms with Gasteiger partial charge in [-0.3, -0.25) is 0 Å². The normalized spacial score (nSPS) is 11.7. The number of esters is 2. The third kappa shape index (κ3) is 5.97. The van der Waals surface area contributed by atoms with Crippen molar-refractivity contribution in [2.75, 3.05) is 0 Å². The second-order valence-corrected chi connectivity index (χ2v) is 12.5. The van der Waals surface area contributed by atoms with Gasteiger partial charge in [0, 0.05) is 43.7 Å². The number of nitrogens with one attached hydrogen (secondary N) is 2. The largest absolute Gasteiger partial charge is 0.455 e. The van der Waals surface area contributed by atoms with Crippen molar-refractivity contribution in [1.82, 2.24) is 19.9 Å². The molecule has 218 valence electrons. The number of carbonyl (C=O) groups is 2. The van der Waals surface area contributed by atoms with Crippen molar-refractivity contribution in [3.8, 4) is 23.7 Å². The van der Waals surface area contributed by atoms with Crippen LogP contribution in [0, 0.1) is 23.7 Å². The number of hydrogen-bond donors (Lipinski definition) is 2. The Morgan fingerprint density at radius 1 is 0.591 bits per heavy atom. The van der Waals surface area contributed by atoms with Crippen molar-refractivity contribution >= 4 is 55.6 Å². The van der Waals surface area contributed by atoms with E-state index in [0.717, 1.165) is 54.7 Å². The van der Waals surface area contributed by atoms with Crippen molar-refractivity contribution < 1.29 is 19.1 Å². The Balaban J connectivity index is 1.27. The van der Waals surface area contributed by atoms with Crippen LogP contribution in [-0.2, 0) is 9.47 Å². The quantitative estimate of drug-likeness (QED) is 0.167. The fourth-order valence-corrected chi connectivity index (χ4v) is 4.84. The minimum atomic E-state index is -0.609. The number of ether oxygens (including phenoxy) is 2. The lowest BCUT2D eigenvalue weighted by Gasteiger charge is -2.19. The van der Waals surface area contributed by atoms with Gasteiger partial charge in [0.1, 0.15) is 22.6 Å². The van der Waals surface area contributed by atoms with E-state index in [-0.39, 0.29) is 11.4 Å². The van der Waals surface area contributed by atoms with Gasteiger partial charge in [-0.15, -0.1) is 0 Å². The summed E-state index contributed by atoms with van der Waals surface area (Å²) in [5.41, 5.74) is 4.32. The van der Waals surface area contributed by atoms with Gasteiger partial charge in [-0.05, 0) is 102 Å². The van der Waals surface area contributed by atoms with E-state index in [9.17, 15) is 9.59 Å². The average molecular weight is 583 g/mol. The second-order valence-electron chi connectivity index (χ2n) is 12.5. The Bertz CT molecular complexity index is 2090. The second kappa shape index (κ2) is 10.6. The number of hydrogen-bond acceptors (Lipinski definition) is 6. The number of aromatic nitrogens is 4. The summed E-state index contributed by atoms with van der Waals surface area (Å²) >= 11 is 0. The van der Waals surface area contributed by atoms with E-state index < -0.39 is 23.1 Å². The van der Waals surface area contributed by atoms with Gasteiger partial charge < -0.3 is 19.4 Å². The van der Waals surface area contributed by atoms with Crippen LogP contribution in [-0.4, -0.2) is 43.1 Å². The van der Waals surface area contributed by atoms with E-state index in [2.05, 4.69) is 43.6 Å². The zero-order valence-corrected chi connectivity index (χ0v) is 25.3. The monoisotopic (exact) mass is 582 g/mol. The summed E-state index contributed by atoms with van der Waals surface area (Å²) in [6, 6.07) is 15.2. The minimum Gasteiger partial charge on any atom is -0.455 e. The first-order valence-corrected chi connectivity index (χ1v) is 14.1. The van der Waals surface area contributed by atoms with Crippen molar-refractivity contribution in [3.63, 3.8) is 0 Å². The molecule has 0 spiro atoms. The van der Waals surface area contributed by atoms with Crippen LogP contribution in [0.4, 0.5) is 0 Å². The molecule has 6 rings (SSSR count). The summed E-state index contributed by atoms with van der Waals surface area (Å²) in [6.45, 7) is 10.9. The maximum atomic E-state index is 12.6. The molecule has 2 N–H and O–H groups in total. The zero-order chi connectivity index (χ0) is 31.2. The van der Waals surface area contributed by atoms with Crippen molar-refractivity contribution in [3.05, 3.63) is 83.4 Å². The van der Waals surface area contributed by atoms with Gasteiger partial charge in [-0.1, -0.05) is 11.8 Å². The Hall–Kier alpha value is -5.60. The maximum absolute atomic E-state index is 12.6. The van der Waals surface area contributed by atoms with E-state index in [1.165, 1.54) is 0 Å². The zero-order valence-electron chi connectivity index (χ0n) is 25.3. The summed E-state index contributed by atoms with van der Waals surface area (Å²) in [5.74, 6) is 11.2. The molecule has 0 fully saturated rings. The molecule has 0 saturated heterocycles. The highest BCUT2D eigenvalue weighted by Gasteiger charge is 2.21. The highest BCUT2D eigenvalue weighted by atomic mass is 16.6. The predicted octanol–water partition coefficient (Wildman–Crippen LogP) is 7.06. The average Bonchev–Trinajstić information content (AvgIpc) is 3.50. The molecule has 4 aromatic heterocycles. The van der Waals surface area contributed by atoms with Gasteiger partial charge >= 0.3 is 11.9 Å². The van der Waals surface area contributed by atoms with E-state index in [1.54, 1.807) is 24.5 Å². The molecule has 2 aromatic carbocycles. The van der Waals surface area contributed by atoms with Gasteiger partial charge in [-0.25, -0.2) is 19.6 Å². The SMILES string of the molecule is CC(C)(C)OC(=O)c1cc2c(cn1)[nH]c1ccc(C#CC#Cc3ccc4[nH]c5cnc(C(=O)OC(C)(C)C)cc5c4c3)cc12. The summed E-state index contributed by atoms with van der Waals surface area (Å²) < 4.78 is 11.0. The Morgan fingerprint density at radius 2 is 0.977 bits per heavy atom. The third-order valence-electron chi connectivity index (χ3n) is 6.66. The van der Waals surface area contributed by atoms with Crippen LogP contribution in [0.3, 0.4) is 0 Å². The number of carbonyl (C=O) groups excluding carboxylic acids is 2. The Kier molecular flexibility index (Phi) is 6.86. The maximum Gasteiger partial charge on any atom is 0.357 e. The molecule has 4 heterocycles. The van der Waals surface area contributed by atoms with Crippen LogP contribution in [0.5, 0.6) is 0 Å². The van der Waals surface area contributed by atoms with Crippen LogP contribution < -0.4 is 0 Å². The topological polar surface area (TPSA) is 110 Å². The first kappa shape index (κ1) is 28.5. The molecule has 8 heteroatoms. The van der Waals surface area contributed by atoms with Crippen molar-refractivity contribution in [2.45, 2.75) is 52.7 Å². The first-order chi connectivity index (χ1) is 20.8. The molecular weight excluding hydrogens is 552 g/mol. The van der Waals surface area contributed by atoms with Crippen LogP contribution in [0.25, 0.3) is 43.6 Å². The summed E-state index contributed by atoms with van der Waals surface area (Å²) in [7, 11) is 0. The molecule has 44 heavy (non-hydrogen) atoms. The lowest BCUT2D eigenvalue weighted by atomic mass is 10.1. The smallest absolute Gasteiger partial charge is 0.357 e. The molecule has 0 aliphatic heterocycles. The molecule has 0 aliphatic carbocycles. The Labute approximate surface area is 254 Å². The number of H-pyrrole nitrogens is 2. The molecule has 0 amide bonds. The number of nitrogens with zero attached hydrogens (tertiary/aromatic N) is 2. The summed E-state index contributed by atoms with van der Waals surface area (Å²) in [6.07, 6.45) is 3.29. The van der Waals surface area contributed by atoms with Crippen LogP contribution in [0.2, 0.25) is 0 Å². The van der Waals surface area contributed by atoms with Crippen molar-refractivity contribution in [1.29, 1.82) is 0 Å². The van der Waals surface area contributed by atoms with E-state index in [1.807, 2.05) is 77.9 Å². The lowest BCUT2D eigenvalue weighted by molar-refractivity contribution is 0.00507. The standard InChI is InChI=1S/C36H30N4O4/c1-35(2,3)43-33(41)29-17-25-23-15-21(11-13-27(23)39-31(25)19-37-29)9-7-8-10-22-12-14-28-24(16-22)26-18-30(38-20-32(26)40-28)34(42)44-36(4,5)6/h11-20,39-40H,1-6H3. The molecule has 6 aromatic rings. The lowest BCUT2D eigenvalue weighted by Crippen LogP contribution is -2.24. The molecule has 8 nitrogen and oxygen atoms in total. The van der Waals surface area contributed by atoms with E-state index in [0.29, 0.717) is 0 Å². The molecular formula is C36H30N4O4. The molecule has 0 bridgehead atoms. The van der Waals surface area contributed by atoms with Crippen LogP contribution in [0.1, 0.15) is 73.6 Å². The molecule has 0 atom stereocenters. The predicted molar refractivity (Wildman–Crippen MR) is 171 cm³/mol. The fraction of sp³-hybridized carbons (Fsp3) is 0.222. The molecule has 0 radical (unpaired) electrons. The number of fused-ring (bicyclic) bond motifs is 6.